The molecule has 9 nitrogen and oxygen atoms in total. The molecule has 0 saturated heterocycles. The van der Waals surface area contributed by atoms with Crippen LogP contribution < -0.4 is 16.3 Å². The first kappa shape index (κ1) is 21.8. The number of carbonyl (C=O) groups is 3. The van der Waals surface area contributed by atoms with Crippen molar-refractivity contribution in [3.05, 3.63) is 64.1 Å². The Morgan fingerprint density at radius 2 is 1.68 bits per heavy atom. The standard InChI is InChI=1S/C22H24N4O5/c1-12(2)19(26-20(28)14-6-4-13(3)5-7-14)21(29)31-11-18(27)23-15-8-9-16-17(10-15)25-22(30)24-16/h4-10,12,19H,11H2,1-3H3,(H,23,27)(H,26,28)(H2,24,25,30). The van der Waals surface area contributed by atoms with Crippen LogP contribution in [0.4, 0.5) is 5.69 Å². The maximum atomic E-state index is 12.5. The van der Waals surface area contributed by atoms with Crippen molar-refractivity contribution in [3.63, 3.8) is 0 Å². The van der Waals surface area contributed by atoms with Crippen LogP contribution in [0.15, 0.2) is 47.3 Å². The van der Waals surface area contributed by atoms with Crippen LogP contribution >= 0.6 is 0 Å². The van der Waals surface area contributed by atoms with E-state index in [-0.39, 0.29) is 11.6 Å². The van der Waals surface area contributed by atoms with E-state index in [1.807, 2.05) is 19.1 Å². The van der Waals surface area contributed by atoms with Gasteiger partial charge in [0.2, 0.25) is 0 Å². The first-order chi connectivity index (χ1) is 14.7. The van der Waals surface area contributed by atoms with Crippen LogP contribution in [0, 0.1) is 12.8 Å². The van der Waals surface area contributed by atoms with Crippen molar-refractivity contribution in [1.82, 2.24) is 15.3 Å². The van der Waals surface area contributed by atoms with Gasteiger partial charge in [-0.2, -0.15) is 0 Å². The summed E-state index contributed by atoms with van der Waals surface area (Å²) in [5.41, 5.74) is 2.69. The fourth-order valence-corrected chi connectivity index (χ4v) is 2.96. The number of ether oxygens (including phenoxy) is 1. The third-order valence-electron chi connectivity index (χ3n) is 4.67. The molecular weight excluding hydrogens is 400 g/mol. The summed E-state index contributed by atoms with van der Waals surface area (Å²) in [5.74, 6) is -1.87. The van der Waals surface area contributed by atoms with Crippen molar-refractivity contribution in [2.24, 2.45) is 5.92 Å². The van der Waals surface area contributed by atoms with E-state index in [0.29, 0.717) is 22.3 Å². The molecule has 1 atom stereocenters. The number of hydrogen-bond acceptors (Lipinski definition) is 5. The fourth-order valence-electron chi connectivity index (χ4n) is 2.96. The summed E-state index contributed by atoms with van der Waals surface area (Å²) in [6.07, 6.45) is 0. The Morgan fingerprint density at radius 3 is 2.35 bits per heavy atom. The third kappa shape index (κ3) is 5.59. The molecule has 2 amide bonds. The van der Waals surface area contributed by atoms with E-state index < -0.39 is 30.4 Å². The van der Waals surface area contributed by atoms with Crippen LogP contribution in [0.2, 0.25) is 0 Å². The Bertz CT molecular complexity index is 1160. The second kappa shape index (κ2) is 9.29. The largest absolute Gasteiger partial charge is 0.454 e. The molecule has 2 aromatic carbocycles. The van der Waals surface area contributed by atoms with Gasteiger partial charge in [-0.15, -0.1) is 0 Å². The highest BCUT2D eigenvalue weighted by atomic mass is 16.5. The number of anilines is 1. The van der Waals surface area contributed by atoms with Crippen molar-refractivity contribution in [2.75, 3.05) is 11.9 Å². The number of carbonyl (C=O) groups excluding carboxylic acids is 3. The molecule has 4 N–H and O–H groups in total. The van der Waals surface area contributed by atoms with Crippen molar-refractivity contribution in [2.45, 2.75) is 26.8 Å². The number of rotatable bonds is 7. The van der Waals surface area contributed by atoms with E-state index in [9.17, 15) is 19.2 Å². The van der Waals surface area contributed by atoms with Crippen LogP contribution in [-0.4, -0.2) is 40.4 Å². The van der Waals surface area contributed by atoms with E-state index in [4.69, 9.17) is 4.74 Å². The van der Waals surface area contributed by atoms with Gasteiger partial charge in [0.1, 0.15) is 6.04 Å². The molecule has 0 radical (unpaired) electrons. The lowest BCUT2D eigenvalue weighted by Crippen LogP contribution is -2.45. The lowest BCUT2D eigenvalue weighted by molar-refractivity contribution is -0.150. The van der Waals surface area contributed by atoms with Crippen molar-refractivity contribution >= 4 is 34.5 Å². The molecule has 1 heterocycles. The Hall–Kier alpha value is -3.88. The number of nitrogens with one attached hydrogen (secondary N) is 4. The quantitative estimate of drug-likeness (QED) is 0.431. The number of aromatic amines is 2. The van der Waals surface area contributed by atoms with E-state index in [0.717, 1.165) is 5.56 Å². The van der Waals surface area contributed by atoms with E-state index in [1.165, 1.54) is 0 Å². The lowest BCUT2D eigenvalue weighted by atomic mass is 10.0. The molecule has 1 aromatic heterocycles. The predicted molar refractivity (Wildman–Crippen MR) is 116 cm³/mol. The summed E-state index contributed by atoms with van der Waals surface area (Å²) < 4.78 is 5.12. The molecule has 31 heavy (non-hydrogen) atoms. The lowest BCUT2D eigenvalue weighted by Gasteiger charge is -2.20. The molecule has 0 fully saturated rings. The van der Waals surface area contributed by atoms with E-state index in [1.54, 1.807) is 44.2 Å². The van der Waals surface area contributed by atoms with Gasteiger partial charge >= 0.3 is 11.7 Å². The zero-order valence-corrected chi connectivity index (χ0v) is 17.4. The fraction of sp³-hybridized carbons (Fsp3) is 0.273. The smallest absolute Gasteiger partial charge is 0.329 e. The molecular formula is C22H24N4O5. The van der Waals surface area contributed by atoms with E-state index in [2.05, 4.69) is 20.6 Å². The van der Waals surface area contributed by atoms with Gasteiger partial charge in [0.25, 0.3) is 11.8 Å². The second-order valence-electron chi connectivity index (χ2n) is 7.56. The number of hydrogen-bond donors (Lipinski definition) is 4. The van der Waals surface area contributed by atoms with Crippen molar-refractivity contribution in [1.29, 1.82) is 0 Å². The van der Waals surface area contributed by atoms with Crippen LogP contribution in [0.5, 0.6) is 0 Å². The SMILES string of the molecule is Cc1ccc(C(=O)NC(C(=O)OCC(=O)Nc2ccc3[nH]c(=O)[nH]c3c2)C(C)C)cc1. The summed E-state index contributed by atoms with van der Waals surface area (Å²) in [5, 5.41) is 5.26. The highest BCUT2D eigenvalue weighted by molar-refractivity contribution is 5.98. The minimum atomic E-state index is -0.900. The number of H-pyrrole nitrogens is 2. The molecule has 162 valence electrons. The molecule has 0 aliphatic carbocycles. The predicted octanol–water partition coefficient (Wildman–Crippen LogP) is 2.10. The van der Waals surface area contributed by atoms with Crippen LogP contribution in [0.3, 0.4) is 0 Å². The van der Waals surface area contributed by atoms with Crippen molar-refractivity contribution in [3.8, 4) is 0 Å². The van der Waals surface area contributed by atoms with Crippen LogP contribution in [0.1, 0.15) is 29.8 Å². The number of aryl methyl sites for hydroxylation is 1. The Balaban J connectivity index is 1.57. The minimum absolute atomic E-state index is 0.238. The Labute approximate surface area is 178 Å². The highest BCUT2D eigenvalue weighted by Gasteiger charge is 2.26. The summed E-state index contributed by atoms with van der Waals surface area (Å²) in [7, 11) is 0. The summed E-state index contributed by atoms with van der Waals surface area (Å²) in [6.45, 7) is 4.95. The van der Waals surface area contributed by atoms with Gasteiger partial charge in [0.15, 0.2) is 6.61 Å². The molecule has 0 bridgehead atoms. The number of aromatic nitrogens is 2. The third-order valence-corrected chi connectivity index (χ3v) is 4.67. The van der Waals surface area contributed by atoms with Crippen LogP contribution in [-0.2, 0) is 14.3 Å². The maximum Gasteiger partial charge on any atom is 0.329 e. The average molecular weight is 424 g/mol. The Morgan fingerprint density at radius 1 is 1.00 bits per heavy atom. The molecule has 0 spiro atoms. The zero-order valence-electron chi connectivity index (χ0n) is 17.4. The van der Waals surface area contributed by atoms with Crippen molar-refractivity contribution < 1.29 is 19.1 Å². The van der Waals surface area contributed by atoms with Gasteiger partial charge in [-0.05, 0) is 43.2 Å². The summed E-state index contributed by atoms with van der Waals surface area (Å²) in [4.78, 5) is 53.6. The van der Waals surface area contributed by atoms with Gasteiger partial charge < -0.3 is 25.3 Å². The molecule has 9 heteroatoms. The van der Waals surface area contributed by atoms with Crippen LogP contribution in [0.25, 0.3) is 11.0 Å². The summed E-state index contributed by atoms with van der Waals surface area (Å²) >= 11 is 0. The average Bonchev–Trinajstić information content (AvgIpc) is 3.09. The number of imidazole rings is 1. The second-order valence-corrected chi connectivity index (χ2v) is 7.56. The molecule has 0 aliphatic heterocycles. The number of esters is 1. The normalized spacial score (nSPS) is 11.9. The van der Waals surface area contributed by atoms with Gasteiger partial charge in [0.05, 0.1) is 11.0 Å². The van der Waals surface area contributed by atoms with Gasteiger partial charge in [-0.1, -0.05) is 31.5 Å². The molecule has 0 saturated carbocycles. The zero-order chi connectivity index (χ0) is 22.5. The van der Waals surface area contributed by atoms with Gasteiger partial charge in [-0.3, -0.25) is 9.59 Å². The first-order valence-corrected chi connectivity index (χ1v) is 9.79. The topological polar surface area (TPSA) is 133 Å². The minimum Gasteiger partial charge on any atom is -0.454 e. The highest BCUT2D eigenvalue weighted by Crippen LogP contribution is 2.14. The molecule has 0 aliphatic rings. The summed E-state index contributed by atoms with van der Waals surface area (Å²) in [6, 6.07) is 10.9. The molecule has 1 unspecified atom stereocenters. The first-order valence-electron chi connectivity index (χ1n) is 9.79. The molecule has 3 aromatic rings. The number of benzene rings is 2. The molecule has 3 rings (SSSR count). The maximum absolute atomic E-state index is 12.5. The Kier molecular flexibility index (Phi) is 6.54. The van der Waals surface area contributed by atoms with E-state index >= 15 is 0 Å². The monoisotopic (exact) mass is 424 g/mol. The van der Waals surface area contributed by atoms with Gasteiger partial charge in [-0.25, -0.2) is 9.59 Å². The number of amides is 2. The number of fused-ring (bicyclic) bond motifs is 1. The van der Waals surface area contributed by atoms with Gasteiger partial charge in [0, 0.05) is 11.3 Å².